The number of ketones is 1. The molecular weight excluding hydrogens is 328 g/mol. The van der Waals surface area contributed by atoms with E-state index in [9.17, 15) is 4.79 Å². The molecule has 0 saturated carbocycles. The number of nitrogens with zero attached hydrogens (tertiary/aromatic N) is 2. The molecule has 0 spiro atoms. The van der Waals surface area contributed by atoms with E-state index in [4.69, 9.17) is 0 Å². The molecule has 0 bridgehead atoms. The summed E-state index contributed by atoms with van der Waals surface area (Å²) in [6, 6.07) is 15.8. The number of anilines is 2. The normalized spacial score (nSPS) is 14.0. The van der Waals surface area contributed by atoms with Crippen LogP contribution in [-0.2, 0) is 0 Å². The van der Waals surface area contributed by atoms with Crippen molar-refractivity contribution in [3.05, 3.63) is 58.6 Å². The van der Waals surface area contributed by atoms with Crippen LogP contribution in [0.5, 0.6) is 0 Å². The Kier molecular flexibility index (Phi) is 3.97. The molecule has 2 aromatic rings. The first kappa shape index (κ1) is 14.1. The zero-order valence-corrected chi connectivity index (χ0v) is 13.5. The van der Waals surface area contributed by atoms with Gasteiger partial charge in [-0.2, -0.15) is 0 Å². The van der Waals surface area contributed by atoms with Gasteiger partial charge in [-0.05, 0) is 24.3 Å². The molecule has 1 aliphatic heterocycles. The highest BCUT2D eigenvalue weighted by atomic mass is 79.9. The van der Waals surface area contributed by atoms with E-state index >= 15 is 0 Å². The number of likely N-dealkylation sites (N-methyl/N-ethyl adjacent to an activating group) is 1. The van der Waals surface area contributed by atoms with Crippen LogP contribution < -0.4 is 9.80 Å². The lowest BCUT2D eigenvalue weighted by Gasteiger charge is -2.36. The second kappa shape index (κ2) is 5.90. The van der Waals surface area contributed by atoms with Crippen molar-refractivity contribution in [1.82, 2.24) is 0 Å². The molecule has 0 amide bonds. The summed E-state index contributed by atoms with van der Waals surface area (Å²) in [6.07, 6.45) is 0. The highest BCUT2D eigenvalue weighted by molar-refractivity contribution is 9.10. The maximum atomic E-state index is 12.4. The summed E-state index contributed by atoms with van der Waals surface area (Å²) in [5, 5.41) is 0. The third kappa shape index (κ3) is 2.95. The van der Waals surface area contributed by atoms with Gasteiger partial charge in [0.25, 0.3) is 0 Å². The summed E-state index contributed by atoms with van der Waals surface area (Å²) in [6.45, 7) is 2.23. The molecule has 1 aliphatic rings. The number of halogens is 1. The molecule has 0 N–H and O–H groups in total. The van der Waals surface area contributed by atoms with Crippen LogP contribution in [0.25, 0.3) is 0 Å². The molecule has 1 heterocycles. The quantitative estimate of drug-likeness (QED) is 0.795. The number of carbonyl (C=O) groups excluding carboxylic acids is 1. The minimum Gasteiger partial charge on any atom is -0.371 e. The smallest absolute Gasteiger partial charge is 0.182 e. The van der Waals surface area contributed by atoms with Gasteiger partial charge in [0, 0.05) is 30.2 Å². The summed E-state index contributed by atoms with van der Waals surface area (Å²) < 4.78 is 0.990. The molecule has 3 rings (SSSR count). The van der Waals surface area contributed by atoms with Crippen molar-refractivity contribution in [1.29, 1.82) is 0 Å². The Labute approximate surface area is 133 Å². The zero-order chi connectivity index (χ0) is 14.8. The van der Waals surface area contributed by atoms with Gasteiger partial charge < -0.3 is 9.80 Å². The van der Waals surface area contributed by atoms with Crippen molar-refractivity contribution in [3.8, 4) is 0 Å². The van der Waals surface area contributed by atoms with E-state index < -0.39 is 0 Å². The van der Waals surface area contributed by atoms with Gasteiger partial charge in [0.05, 0.1) is 17.9 Å². The number of rotatable bonds is 3. The van der Waals surface area contributed by atoms with E-state index in [1.807, 2.05) is 36.4 Å². The molecule has 0 fully saturated rings. The molecule has 0 unspecified atom stereocenters. The van der Waals surface area contributed by atoms with Crippen LogP contribution in [0.4, 0.5) is 11.4 Å². The first-order valence-corrected chi connectivity index (χ1v) is 7.78. The second-order valence-corrected chi connectivity index (χ2v) is 6.18. The molecule has 3 nitrogen and oxygen atoms in total. The number of fused-ring (bicyclic) bond motifs is 1. The van der Waals surface area contributed by atoms with E-state index in [1.165, 1.54) is 5.69 Å². The van der Waals surface area contributed by atoms with Crippen molar-refractivity contribution < 1.29 is 4.79 Å². The summed E-state index contributed by atoms with van der Waals surface area (Å²) in [7, 11) is 2.09. The van der Waals surface area contributed by atoms with Crippen LogP contribution >= 0.6 is 15.9 Å². The number of carbonyl (C=O) groups is 1. The number of para-hydroxylation sites is 2. The van der Waals surface area contributed by atoms with Crippen molar-refractivity contribution in [2.24, 2.45) is 0 Å². The Morgan fingerprint density at radius 2 is 1.71 bits per heavy atom. The number of Topliss-reactive ketones (excluding diaryl/α,β-unsaturated/α-hetero) is 1. The summed E-state index contributed by atoms with van der Waals surface area (Å²) in [5.41, 5.74) is 3.08. The number of hydrogen-bond donors (Lipinski definition) is 0. The predicted molar refractivity (Wildman–Crippen MR) is 90.4 cm³/mol. The van der Waals surface area contributed by atoms with Gasteiger partial charge in [0.15, 0.2) is 5.78 Å². The molecule has 0 aliphatic carbocycles. The topological polar surface area (TPSA) is 23.6 Å². The fraction of sp³-hybridized carbons (Fsp3) is 0.235. The van der Waals surface area contributed by atoms with Gasteiger partial charge in [-0.25, -0.2) is 0 Å². The maximum Gasteiger partial charge on any atom is 0.182 e. The molecule has 0 atom stereocenters. The lowest BCUT2D eigenvalue weighted by atomic mass is 10.1. The Morgan fingerprint density at radius 3 is 2.43 bits per heavy atom. The molecule has 21 heavy (non-hydrogen) atoms. The van der Waals surface area contributed by atoms with E-state index in [-0.39, 0.29) is 5.78 Å². The minimum atomic E-state index is 0.154. The van der Waals surface area contributed by atoms with Crippen LogP contribution in [0.2, 0.25) is 0 Å². The zero-order valence-electron chi connectivity index (χ0n) is 11.9. The van der Waals surface area contributed by atoms with E-state index in [1.54, 1.807) is 0 Å². The fourth-order valence-corrected chi connectivity index (χ4v) is 2.89. The first-order chi connectivity index (χ1) is 10.1. The molecular formula is C17H17BrN2O. The number of hydrogen-bond acceptors (Lipinski definition) is 3. The Bertz CT molecular complexity index is 654. The van der Waals surface area contributed by atoms with Gasteiger partial charge in [-0.1, -0.05) is 40.2 Å². The Hall–Kier alpha value is -1.81. The lowest BCUT2D eigenvalue weighted by molar-refractivity contribution is 0.0999. The van der Waals surface area contributed by atoms with Crippen molar-refractivity contribution >= 4 is 33.1 Å². The average molecular weight is 345 g/mol. The molecule has 0 aromatic heterocycles. The molecule has 0 radical (unpaired) electrons. The SMILES string of the molecule is CN1CCN(CC(=O)c2ccc(Br)cc2)c2ccccc21. The van der Waals surface area contributed by atoms with E-state index in [0.29, 0.717) is 6.54 Å². The van der Waals surface area contributed by atoms with E-state index in [2.05, 4.69) is 44.9 Å². The summed E-state index contributed by atoms with van der Waals surface area (Å²) >= 11 is 3.39. The van der Waals surface area contributed by atoms with Gasteiger partial charge >= 0.3 is 0 Å². The lowest BCUT2D eigenvalue weighted by Crippen LogP contribution is -2.41. The minimum absolute atomic E-state index is 0.154. The average Bonchev–Trinajstić information content (AvgIpc) is 2.51. The molecule has 2 aromatic carbocycles. The Morgan fingerprint density at radius 1 is 1.05 bits per heavy atom. The standard InChI is InChI=1S/C17H17BrN2O/c1-19-10-11-20(16-5-3-2-4-15(16)19)12-17(21)13-6-8-14(18)9-7-13/h2-9H,10-12H2,1H3. The highest BCUT2D eigenvalue weighted by Crippen LogP contribution is 2.31. The largest absolute Gasteiger partial charge is 0.371 e. The van der Waals surface area contributed by atoms with Crippen molar-refractivity contribution in [2.45, 2.75) is 0 Å². The molecule has 0 saturated heterocycles. The van der Waals surface area contributed by atoms with Crippen LogP contribution in [0.15, 0.2) is 53.0 Å². The van der Waals surface area contributed by atoms with Gasteiger partial charge in [0.2, 0.25) is 0 Å². The molecule has 4 heteroatoms. The summed E-state index contributed by atoms with van der Waals surface area (Å²) in [4.78, 5) is 16.8. The third-order valence-corrected chi connectivity index (χ3v) is 4.37. The maximum absolute atomic E-state index is 12.4. The molecule has 108 valence electrons. The second-order valence-electron chi connectivity index (χ2n) is 5.26. The van der Waals surface area contributed by atoms with Crippen LogP contribution in [0.1, 0.15) is 10.4 Å². The van der Waals surface area contributed by atoms with Crippen molar-refractivity contribution in [3.63, 3.8) is 0 Å². The third-order valence-electron chi connectivity index (χ3n) is 3.84. The number of benzene rings is 2. The van der Waals surface area contributed by atoms with Gasteiger partial charge in [0.1, 0.15) is 0 Å². The van der Waals surface area contributed by atoms with Crippen LogP contribution in [-0.4, -0.2) is 32.5 Å². The van der Waals surface area contributed by atoms with E-state index in [0.717, 1.165) is 28.8 Å². The van der Waals surface area contributed by atoms with Crippen molar-refractivity contribution in [2.75, 3.05) is 36.5 Å². The van der Waals surface area contributed by atoms with Crippen LogP contribution in [0.3, 0.4) is 0 Å². The Balaban J connectivity index is 1.81. The first-order valence-electron chi connectivity index (χ1n) is 6.99. The predicted octanol–water partition coefficient (Wildman–Crippen LogP) is 3.59. The van der Waals surface area contributed by atoms with Gasteiger partial charge in [-0.15, -0.1) is 0 Å². The van der Waals surface area contributed by atoms with Gasteiger partial charge in [-0.3, -0.25) is 4.79 Å². The highest BCUT2D eigenvalue weighted by Gasteiger charge is 2.21. The monoisotopic (exact) mass is 344 g/mol. The van der Waals surface area contributed by atoms with Crippen LogP contribution in [0, 0.1) is 0 Å². The fourth-order valence-electron chi connectivity index (χ4n) is 2.63. The summed E-state index contributed by atoms with van der Waals surface area (Å²) in [5.74, 6) is 0.154.